The van der Waals surface area contributed by atoms with E-state index in [2.05, 4.69) is 16.3 Å². The van der Waals surface area contributed by atoms with E-state index in [0.29, 0.717) is 16.7 Å². The van der Waals surface area contributed by atoms with Crippen LogP contribution in [0.4, 0.5) is 0 Å². The SMILES string of the molecule is Cc1ccc(-n2cnnc2SCCS(=O)(=O)Oc2ccccc2)c(C)c1. The summed E-state index contributed by atoms with van der Waals surface area (Å²) in [5, 5.41) is 8.70. The van der Waals surface area contributed by atoms with Crippen molar-refractivity contribution in [3.8, 4) is 11.4 Å². The molecule has 0 saturated carbocycles. The average Bonchev–Trinajstić information content (AvgIpc) is 3.03. The number of benzene rings is 2. The third-order valence-electron chi connectivity index (χ3n) is 3.66. The molecule has 0 atom stereocenters. The van der Waals surface area contributed by atoms with Gasteiger partial charge in [0.25, 0.3) is 0 Å². The van der Waals surface area contributed by atoms with Crippen LogP contribution in [0.5, 0.6) is 5.75 Å². The molecular formula is C18H19N3O3S2. The minimum atomic E-state index is -3.66. The van der Waals surface area contributed by atoms with Crippen LogP contribution < -0.4 is 4.18 Å². The molecule has 136 valence electrons. The highest BCUT2D eigenvalue weighted by Crippen LogP contribution is 2.23. The van der Waals surface area contributed by atoms with Gasteiger partial charge in [-0.2, -0.15) is 8.42 Å². The Balaban J connectivity index is 1.65. The zero-order valence-electron chi connectivity index (χ0n) is 14.5. The Labute approximate surface area is 157 Å². The number of thioether (sulfide) groups is 1. The Kier molecular flexibility index (Phi) is 5.63. The van der Waals surface area contributed by atoms with E-state index in [-0.39, 0.29) is 5.75 Å². The van der Waals surface area contributed by atoms with Gasteiger partial charge < -0.3 is 4.18 Å². The number of aromatic nitrogens is 3. The third kappa shape index (κ3) is 4.64. The lowest BCUT2D eigenvalue weighted by molar-refractivity contribution is 0.488. The molecule has 0 N–H and O–H groups in total. The summed E-state index contributed by atoms with van der Waals surface area (Å²) < 4.78 is 31.1. The molecule has 0 bridgehead atoms. The largest absolute Gasteiger partial charge is 0.382 e. The zero-order chi connectivity index (χ0) is 18.6. The molecule has 0 aliphatic rings. The number of aryl methyl sites for hydroxylation is 2. The normalized spacial score (nSPS) is 11.5. The lowest BCUT2D eigenvalue weighted by Crippen LogP contribution is -2.15. The van der Waals surface area contributed by atoms with Crippen molar-refractivity contribution >= 4 is 21.9 Å². The first-order chi connectivity index (χ1) is 12.4. The van der Waals surface area contributed by atoms with E-state index in [0.717, 1.165) is 11.3 Å². The van der Waals surface area contributed by atoms with Crippen molar-refractivity contribution in [3.05, 3.63) is 66.0 Å². The fourth-order valence-corrected chi connectivity index (χ4v) is 4.67. The first kappa shape index (κ1) is 18.5. The Morgan fingerprint density at radius 2 is 1.88 bits per heavy atom. The van der Waals surface area contributed by atoms with E-state index in [1.807, 2.05) is 30.5 Å². The van der Waals surface area contributed by atoms with Gasteiger partial charge in [-0.15, -0.1) is 10.2 Å². The number of hydrogen-bond acceptors (Lipinski definition) is 6. The van der Waals surface area contributed by atoms with Crippen molar-refractivity contribution in [1.29, 1.82) is 0 Å². The standard InChI is InChI=1S/C18H19N3O3S2/c1-14-8-9-17(15(2)12-14)21-13-19-20-18(21)25-10-11-26(22,23)24-16-6-4-3-5-7-16/h3-9,12-13H,10-11H2,1-2H3. The maximum atomic E-state index is 12.1. The van der Waals surface area contributed by atoms with Crippen molar-refractivity contribution in [2.75, 3.05) is 11.5 Å². The summed E-state index contributed by atoms with van der Waals surface area (Å²) in [6.45, 7) is 4.06. The predicted octanol–water partition coefficient (Wildman–Crippen LogP) is 3.39. The number of rotatable bonds is 7. The highest BCUT2D eigenvalue weighted by Gasteiger charge is 2.15. The first-order valence-corrected chi connectivity index (χ1v) is 10.6. The van der Waals surface area contributed by atoms with E-state index < -0.39 is 10.1 Å². The second-order valence-electron chi connectivity index (χ2n) is 5.78. The van der Waals surface area contributed by atoms with E-state index in [1.54, 1.807) is 36.7 Å². The van der Waals surface area contributed by atoms with Gasteiger partial charge in [-0.1, -0.05) is 47.7 Å². The average molecular weight is 390 g/mol. The van der Waals surface area contributed by atoms with Crippen LogP contribution in [0.25, 0.3) is 5.69 Å². The molecule has 6 nitrogen and oxygen atoms in total. The van der Waals surface area contributed by atoms with Crippen LogP contribution in [-0.4, -0.2) is 34.7 Å². The Hall–Kier alpha value is -2.32. The molecule has 3 rings (SSSR count). The summed E-state index contributed by atoms with van der Waals surface area (Å²) in [4.78, 5) is 0. The van der Waals surface area contributed by atoms with Crippen LogP contribution in [0, 0.1) is 13.8 Å². The van der Waals surface area contributed by atoms with Gasteiger partial charge in [-0.3, -0.25) is 4.57 Å². The summed E-state index contributed by atoms with van der Waals surface area (Å²) in [6.07, 6.45) is 1.63. The first-order valence-electron chi connectivity index (χ1n) is 8.02. The Bertz CT molecular complexity index is 986. The van der Waals surface area contributed by atoms with Gasteiger partial charge in [0.1, 0.15) is 12.1 Å². The molecule has 0 radical (unpaired) electrons. The molecule has 8 heteroatoms. The summed E-state index contributed by atoms with van der Waals surface area (Å²) in [5.74, 6) is 0.515. The number of hydrogen-bond donors (Lipinski definition) is 0. The maximum absolute atomic E-state index is 12.1. The Morgan fingerprint density at radius 1 is 1.12 bits per heavy atom. The summed E-state index contributed by atoms with van der Waals surface area (Å²) in [7, 11) is -3.66. The molecule has 0 aliphatic carbocycles. The number of nitrogens with zero attached hydrogens (tertiary/aromatic N) is 3. The monoisotopic (exact) mass is 389 g/mol. The summed E-state index contributed by atoms with van der Waals surface area (Å²) in [5.41, 5.74) is 3.26. The van der Waals surface area contributed by atoms with Gasteiger partial charge >= 0.3 is 10.1 Å². The van der Waals surface area contributed by atoms with Gasteiger partial charge in [-0.05, 0) is 37.6 Å². The van der Waals surface area contributed by atoms with Crippen LogP contribution in [0.15, 0.2) is 60.0 Å². The summed E-state index contributed by atoms with van der Waals surface area (Å²) >= 11 is 1.33. The molecule has 3 aromatic rings. The van der Waals surface area contributed by atoms with Crippen LogP contribution >= 0.6 is 11.8 Å². The minimum Gasteiger partial charge on any atom is -0.382 e. The fourth-order valence-electron chi connectivity index (χ4n) is 2.46. The highest BCUT2D eigenvalue weighted by atomic mass is 32.2. The molecule has 0 unspecified atom stereocenters. The quantitative estimate of drug-likeness (QED) is 0.455. The predicted molar refractivity (Wildman–Crippen MR) is 102 cm³/mol. The second-order valence-corrected chi connectivity index (χ2v) is 8.53. The van der Waals surface area contributed by atoms with Crippen LogP contribution in [0.2, 0.25) is 0 Å². The topological polar surface area (TPSA) is 74.1 Å². The second kappa shape index (κ2) is 7.92. The molecular weight excluding hydrogens is 370 g/mol. The van der Waals surface area contributed by atoms with Crippen molar-refractivity contribution in [2.45, 2.75) is 19.0 Å². The molecule has 1 aromatic heterocycles. The van der Waals surface area contributed by atoms with Crippen molar-refractivity contribution in [3.63, 3.8) is 0 Å². The molecule has 0 spiro atoms. The molecule has 26 heavy (non-hydrogen) atoms. The van der Waals surface area contributed by atoms with Gasteiger partial charge in [0.2, 0.25) is 0 Å². The molecule has 0 saturated heterocycles. The van der Waals surface area contributed by atoms with E-state index >= 15 is 0 Å². The van der Waals surface area contributed by atoms with Gasteiger partial charge in [0.15, 0.2) is 5.16 Å². The van der Waals surface area contributed by atoms with Crippen molar-refractivity contribution in [2.24, 2.45) is 0 Å². The molecule has 0 aliphatic heterocycles. The lowest BCUT2D eigenvalue weighted by Gasteiger charge is -2.10. The van der Waals surface area contributed by atoms with E-state index in [4.69, 9.17) is 4.18 Å². The van der Waals surface area contributed by atoms with Crippen LogP contribution in [-0.2, 0) is 10.1 Å². The van der Waals surface area contributed by atoms with E-state index in [1.165, 1.54) is 17.3 Å². The molecule has 1 heterocycles. The molecule has 2 aromatic carbocycles. The van der Waals surface area contributed by atoms with Crippen molar-refractivity contribution in [1.82, 2.24) is 14.8 Å². The third-order valence-corrected chi connectivity index (χ3v) is 6.01. The number of para-hydroxylation sites is 1. The van der Waals surface area contributed by atoms with Gasteiger partial charge in [-0.25, -0.2) is 0 Å². The molecule has 0 amide bonds. The summed E-state index contributed by atoms with van der Waals surface area (Å²) in [6, 6.07) is 14.6. The van der Waals surface area contributed by atoms with Crippen molar-refractivity contribution < 1.29 is 12.6 Å². The lowest BCUT2D eigenvalue weighted by atomic mass is 10.1. The van der Waals surface area contributed by atoms with E-state index in [9.17, 15) is 8.42 Å². The van der Waals surface area contributed by atoms with Crippen LogP contribution in [0.3, 0.4) is 0 Å². The maximum Gasteiger partial charge on any atom is 0.310 e. The molecule has 0 fully saturated rings. The minimum absolute atomic E-state index is 0.119. The van der Waals surface area contributed by atoms with Gasteiger partial charge in [0.05, 0.1) is 11.4 Å². The van der Waals surface area contributed by atoms with Gasteiger partial charge in [0, 0.05) is 5.75 Å². The smallest absolute Gasteiger partial charge is 0.310 e. The fraction of sp³-hybridized carbons (Fsp3) is 0.222. The zero-order valence-corrected chi connectivity index (χ0v) is 16.1. The van der Waals surface area contributed by atoms with Crippen LogP contribution in [0.1, 0.15) is 11.1 Å². The highest BCUT2D eigenvalue weighted by molar-refractivity contribution is 8.00. The Morgan fingerprint density at radius 3 is 2.62 bits per heavy atom.